The van der Waals surface area contributed by atoms with Gasteiger partial charge in [-0.2, -0.15) is 0 Å². The van der Waals surface area contributed by atoms with Gasteiger partial charge in [-0.25, -0.2) is 4.98 Å². The largest absolute Gasteiger partial charge is 0.481 e. The van der Waals surface area contributed by atoms with E-state index in [1.807, 2.05) is 13.8 Å². The van der Waals surface area contributed by atoms with E-state index in [2.05, 4.69) is 26.2 Å². The van der Waals surface area contributed by atoms with E-state index in [4.69, 9.17) is 5.11 Å². The maximum atomic E-state index is 11.9. The van der Waals surface area contributed by atoms with Crippen LogP contribution in [0, 0.1) is 5.92 Å². The first kappa shape index (κ1) is 14.6. The van der Waals surface area contributed by atoms with Crippen LogP contribution in [0.15, 0.2) is 22.9 Å². The smallest absolute Gasteiger partial charge is 0.305 e. The molecule has 0 fully saturated rings. The van der Waals surface area contributed by atoms with Crippen molar-refractivity contribution in [1.29, 1.82) is 0 Å². The maximum Gasteiger partial charge on any atom is 0.305 e. The molecule has 0 radical (unpaired) electrons. The van der Waals surface area contributed by atoms with Crippen LogP contribution in [0.25, 0.3) is 0 Å². The summed E-state index contributed by atoms with van der Waals surface area (Å²) < 4.78 is 0.564. The van der Waals surface area contributed by atoms with Gasteiger partial charge in [-0.05, 0) is 34.0 Å². The fourth-order valence-electron chi connectivity index (χ4n) is 1.44. The number of nitrogens with zero attached hydrogens (tertiary/aromatic N) is 1. The summed E-state index contributed by atoms with van der Waals surface area (Å²) in [6, 6.07) is 2.79. The molecular weight excluding hydrogens is 300 g/mol. The third-order valence-electron chi connectivity index (χ3n) is 2.50. The Morgan fingerprint density at radius 3 is 2.67 bits per heavy atom. The summed E-state index contributed by atoms with van der Waals surface area (Å²) in [6.07, 6.45) is 1.43. The van der Waals surface area contributed by atoms with Crippen molar-refractivity contribution in [2.45, 2.75) is 26.3 Å². The van der Waals surface area contributed by atoms with Crippen LogP contribution in [-0.4, -0.2) is 28.0 Å². The van der Waals surface area contributed by atoms with Crippen LogP contribution in [-0.2, 0) is 4.79 Å². The van der Waals surface area contributed by atoms with Gasteiger partial charge in [-0.15, -0.1) is 0 Å². The second-order valence-electron chi connectivity index (χ2n) is 4.29. The Balaban J connectivity index is 2.75. The van der Waals surface area contributed by atoms with Gasteiger partial charge in [0.1, 0.15) is 4.60 Å². The number of hydrogen-bond acceptors (Lipinski definition) is 3. The van der Waals surface area contributed by atoms with Crippen molar-refractivity contribution in [3.05, 3.63) is 28.5 Å². The first-order valence-corrected chi connectivity index (χ1v) is 6.33. The van der Waals surface area contributed by atoms with Gasteiger partial charge in [0, 0.05) is 17.8 Å². The highest BCUT2D eigenvalue weighted by Crippen LogP contribution is 2.11. The lowest BCUT2D eigenvalue weighted by molar-refractivity contribution is -0.137. The number of carbonyl (C=O) groups excluding carboxylic acids is 1. The number of pyridine rings is 1. The van der Waals surface area contributed by atoms with Crippen molar-refractivity contribution in [1.82, 2.24) is 10.3 Å². The molecule has 1 amide bonds. The Morgan fingerprint density at radius 1 is 1.50 bits per heavy atom. The van der Waals surface area contributed by atoms with Gasteiger partial charge in [0.15, 0.2) is 0 Å². The van der Waals surface area contributed by atoms with E-state index in [-0.39, 0.29) is 24.3 Å². The van der Waals surface area contributed by atoms with Gasteiger partial charge in [-0.1, -0.05) is 13.8 Å². The number of carboxylic acid groups (broad SMARTS) is 1. The fourth-order valence-corrected chi connectivity index (χ4v) is 1.80. The topological polar surface area (TPSA) is 79.3 Å². The van der Waals surface area contributed by atoms with E-state index in [1.54, 1.807) is 12.1 Å². The van der Waals surface area contributed by atoms with Crippen LogP contribution in [0.2, 0.25) is 0 Å². The van der Waals surface area contributed by atoms with Gasteiger partial charge in [0.25, 0.3) is 5.91 Å². The van der Waals surface area contributed by atoms with Crippen LogP contribution < -0.4 is 5.32 Å². The van der Waals surface area contributed by atoms with E-state index < -0.39 is 5.97 Å². The molecule has 0 saturated carbocycles. The molecule has 6 heteroatoms. The molecule has 0 aliphatic heterocycles. The summed E-state index contributed by atoms with van der Waals surface area (Å²) in [5.41, 5.74) is 0.452. The van der Waals surface area contributed by atoms with Crippen LogP contribution in [0.3, 0.4) is 0 Å². The normalized spacial score (nSPS) is 12.2. The van der Waals surface area contributed by atoms with E-state index in [0.717, 1.165) is 0 Å². The molecule has 18 heavy (non-hydrogen) atoms. The Morgan fingerprint density at radius 2 is 2.17 bits per heavy atom. The van der Waals surface area contributed by atoms with E-state index in [9.17, 15) is 9.59 Å². The number of rotatable bonds is 5. The van der Waals surface area contributed by atoms with E-state index in [1.165, 1.54) is 6.20 Å². The standard InChI is InChI=1S/C12H15BrN2O3/c1-7(2)9(6-11(16)17)15-12(18)8-3-4-14-10(13)5-8/h3-5,7,9H,6H2,1-2H3,(H,15,18)(H,16,17). The number of nitrogens with one attached hydrogen (secondary N) is 1. The number of hydrogen-bond donors (Lipinski definition) is 2. The molecule has 1 aromatic rings. The molecule has 1 atom stereocenters. The number of carboxylic acids is 1. The highest BCUT2D eigenvalue weighted by molar-refractivity contribution is 9.10. The molecule has 0 aromatic carbocycles. The molecule has 1 aromatic heterocycles. The molecule has 0 bridgehead atoms. The number of carbonyl (C=O) groups is 2. The van der Waals surface area contributed by atoms with Crippen molar-refractivity contribution in [2.24, 2.45) is 5.92 Å². The van der Waals surface area contributed by atoms with Gasteiger partial charge >= 0.3 is 5.97 Å². The van der Waals surface area contributed by atoms with Crippen LogP contribution in [0.4, 0.5) is 0 Å². The predicted octanol–water partition coefficient (Wildman–Crippen LogP) is 2.07. The first-order chi connectivity index (χ1) is 8.40. The third-order valence-corrected chi connectivity index (χ3v) is 2.94. The number of amides is 1. The zero-order chi connectivity index (χ0) is 13.7. The lowest BCUT2D eigenvalue weighted by atomic mass is 10.0. The Labute approximate surface area is 114 Å². The Kier molecular flexibility index (Phi) is 5.27. The van der Waals surface area contributed by atoms with Gasteiger partial charge in [0.05, 0.1) is 6.42 Å². The average molecular weight is 315 g/mol. The SMILES string of the molecule is CC(C)C(CC(=O)O)NC(=O)c1ccnc(Br)c1. The lowest BCUT2D eigenvalue weighted by Gasteiger charge is -2.20. The molecule has 2 N–H and O–H groups in total. The first-order valence-electron chi connectivity index (χ1n) is 5.54. The van der Waals surface area contributed by atoms with Gasteiger partial charge < -0.3 is 10.4 Å². The molecule has 0 spiro atoms. The Hall–Kier alpha value is -1.43. The van der Waals surface area contributed by atoms with Crippen molar-refractivity contribution >= 4 is 27.8 Å². The lowest BCUT2D eigenvalue weighted by Crippen LogP contribution is -2.40. The van der Waals surface area contributed by atoms with Gasteiger partial charge in [0.2, 0.25) is 0 Å². The van der Waals surface area contributed by atoms with Crippen LogP contribution in [0.1, 0.15) is 30.6 Å². The molecule has 1 heterocycles. The minimum atomic E-state index is -0.926. The van der Waals surface area contributed by atoms with Crippen LogP contribution >= 0.6 is 15.9 Å². The number of halogens is 1. The highest BCUT2D eigenvalue weighted by atomic mass is 79.9. The third kappa shape index (κ3) is 4.44. The zero-order valence-electron chi connectivity index (χ0n) is 10.2. The fraction of sp³-hybridized carbons (Fsp3) is 0.417. The van der Waals surface area contributed by atoms with Gasteiger partial charge in [-0.3, -0.25) is 9.59 Å². The molecular formula is C12H15BrN2O3. The molecule has 1 rings (SSSR count). The summed E-state index contributed by atoms with van der Waals surface area (Å²) in [6.45, 7) is 3.74. The quantitative estimate of drug-likeness (QED) is 0.815. The summed E-state index contributed by atoms with van der Waals surface area (Å²) in [4.78, 5) is 26.6. The molecule has 1 unspecified atom stereocenters. The monoisotopic (exact) mass is 314 g/mol. The number of aliphatic carboxylic acids is 1. The summed E-state index contributed by atoms with van der Waals surface area (Å²) in [5.74, 6) is -1.17. The zero-order valence-corrected chi connectivity index (χ0v) is 11.8. The average Bonchev–Trinajstić information content (AvgIpc) is 2.27. The van der Waals surface area contributed by atoms with Crippen molar-refractivity contribution in [3.63, 3.8) is 0 Å². The Bertz CT molecular complexity index is 449. The van der Waals surface area contributed by atoms with E-state index >= 15 is 0 Å². The summed E-state index contributed by atoms with van der Waals surface area (Å²) in [7, 11) is 0. The maximum absolute atomic E-state index is 11.9. The van der Waals surface area contributed by atoms with Crippen molar-refractivity contribution < 1.29 is 14.7 Å². The molecule has 5 nitrogen and oxygen atoms in total. The summed E-state index contributed by atoms with van der Waals surface area (Å²) >= 11 is 3.18. The minimum Gasteiger partial charge on any atom is -0.481 e. The van der Waals surface area contributed by atoms with E-state index in [0.29, 0.717) is 10.2 Å². The van der Waals surface area contributed by atoms with Crippen molar-refractivity contribution in [3.8, 4) is 0 Å². The number of aromatic nitrogens is 1. The van der Waals surface area contributed by atoms with Crippen molar-refractivity contribution in [2.75, 3.05) is 0 Å². The molecule has 0 saturated heterocycles. The van der Waals surface area contributed by atoms with Crippen LogP contribution in [0.5, 0.6) is 0 Å². The minimum absolute atomic E-state index is 0.0512. The highest BCUT2D eigenvalue weighted by Gasteiger charge is 2.20. The molecule has 98 valence electrons. The summed E-state index contributed by atoms with van der Waals surface area (Å²) in [5, 5.41) is 11.5. The second kappa shape index (κ2) is 6.49. The second-order valence-corrected chi connectivity index (χ2v) is 5.10. The molecule has 0 aliphatic rings. The molecule has 0 aliphatic carbocycles. The predicted molar refractivity (Wildman–Crippen MR) is 70.3 cm³/mol.